The number of benzene rings is 1. The van der Waals surface area contributed by atoms with Gasteiger partial charge in [-0.05, 0) is 31.9 Å². The van der Waals surface area contributed by atoms with Crippen LogP contribution in [0.1, 0.15) is 53.4 Å². The summed E-state index contributed by atoms with van der Waals surface area (Å²) in [5.41, 5.74) is 1.73. The van der Waals surface area contributed by atoms with Gasteiger partial charge < -0.3 is 14.1 Å². The Kier molecular flexibility index (Phi) is 4.00. The summed E-state index contributed by atoms with van der Waals surface area (Å²) in [5.74, 6) is 2.07. The van der Waals surface area contributed by atoms with Crippen LogP contribution in [0.5, 0.6) is 5.75 Å². The molecule has 2 fully saturated rings. The molecule has 0 atom stereocenters. The van der Waals surface area contributed by atoms with Crippen LogP contribution in [0.3, 0.4) is 0 Å². The fourth-order valence-corrected chi connectivity index (χ4v) is 3.19. The summed E-state index contributed by atoms with van der Waals surface area (Å²) < 4.78 is 11.5. The molecule has 2 aromatic rings. The Morgan fingerprint density at radius 2 is 1.88 bits per heavy atom. The van der Waals surface area contributed by atoms with Crippen molar-refractivity contribution in [1.29, 1.82) is 0 Å². The zero-order valence-corrected chi connectivity index (χ0v) is 13.9. The van der Waals surface area contributed by atoms with Gasteiger partial charge in [-0.3, -0.25) is 4.79 Å². The van der Waals surface area contributed by atoms with Crippen LogP contribution >= 0.6 is 0 Å². The van der Waals surface area contributed by atoms with Gasteiger partial charge in [0.05, 0.1) is 0 Å². The molecular formula is C19H22N2O3. The molecule has 1 saturated heterocycles. The highest BCUT2D eigenvalue weighted by Crippen LogP contribution is 2.41. The third-order valence-electron chi connectivity index (χ3n) is 4.80. The molecule has 5 heteroatoms. The molecule has 2 aliphatic rings. The first-order valence-electron chi connectivity index (χ1n) is 8.66. The standard InChI is InChI=1S/C19H22N2O3/c1-13-2-6-15(7-3-13)24-16-8-10-21(11-9-16)19(22)17-18(14-4-5-14)23-12-20-17/h2-3,6-7,12,14,16H,4-5,8-11H2,1H3. The minimum absolute atomic E-state index is 0.000522. The number of carbonyl (C=O) groups excluding carboxylic acids is 1. The van der Waals surface area contributed by atoms with Gasteiger partial charge in [0.1, 0.15) is 17.6 Å². The molecule has 0 spiro atoms. The van der Waals surface area contributed by atoms with Crippen molar-refractivity contribution < 1.29 is 13.9 Å². The average molecular weight is 326 g/mol. The molecular weight excluding hydrogens is 304 g/mol. The minimum atomic E-state index is -0.000522. The summed E-state index contributed by atoms with van der Waals surface area (Å²) in [6.45, 7) is 3.46. The molecule has 24 heavy (non-hydrogen) atoms. The Bertz CT molecular complexity index is 710. The lowest BCUT2D eigenvalue weighted by Crippen LogP contribution is -2.42. The number of aryl methyl sites for hydroxylation is 1. The van der Waals surface area contributed by atoms with Gasteiger partial charge in [0.15, 0.2) is 12.1 Å². The number of rotatable bonds is 4. The fraction of sp³-hybridized carbons (Fsp3) is 0.474. The first-order valence-corrected chi connectivity index (χ1v) is 8.66. The second-order valence-corrected chi connectivity index (χ2v) is 6.76. The van der Waals surface area contributed by atoms with Gasteiger partial charge in [0.25, 0.3) is 5.91 Å². The van der Waals surface area contributed by atoms with Gasteiger partial charge in [0.2, 0.25) is 0 Å². The number of aromatic nitrogens is 1. The third-order valence-corrected chi connectivity index (χ3v) is 4.80. The summed E-state index contributed by atoms with van der Waals surface area (Å²) in [4.78, 5) is 18.7. The maximum absolute atomic E-state index is 12.7. The van der Waals surface area contributed by atoms with Crippen molar-refractivity contribution in [2.24, 2.45) is 0 Å². The summed E-state index contributed by atoms with van der Waals surface area (Å²) in [7, 11) is 0. The van der Waals surface area contributed by atoms with E-state index in [0.717, 1.165) is 37.2 Å². The van der Waals surface area contributed by atoms with Crippen molar-refractivity contribution in [2.75, 3.05) is 13.1 Å². The highest BCUT2D eigenvalue weighted by Gasteiger charge is 2.35. The number of oxazole rings is 1. The van der Waals surface area contributed by atoms with Crippen LogP contribution < -0.4 is 4.74 Å². The Labute approximate surface area is 141 Å². The highest BCUT2D eigenvalue weighted by atomic mass is 16.5. The number of ether oxygens (including phenoxy) is 1. The van der Waals surface area contributed by atoms with Crippen LogP contribution in [-0.2, 0) is 0 Å². The lowest BCUT2D eigenvalue weighted by atomic mass is 10.1. The molecule has 1 aliphatic carbocycles. The van der Waals surface area contributed by atoms with E-state index in [1.807, 2.05) is 17.0 Å². The van der Waals surface area contributed by atoms with Gasteiger partial charge in [-0.15, -0.1) is 0 Å². The molecule has 1 saturated carbocycles. The highest BCUT2D eigenvalue weighted by molar-refractivity contribution is 5.93. The predicted octanol–water partition coefficient (Wildman–Crippen LogP) is 3.54. The SMILES string of the molecule is Cc1ccc(OC2CCN(C(=O)c3ncoc3C3CC3)CC2)cc1. The summed E-state index contributed by atoms with van der Waals surface area (Å²) in [6.07, 6.45) is 5.45. The zero-order valence-electron chi connectivity index (χ0n) is 13.9. The van der Waals surface area contributed by atoms with Crippen molar-refractivity contribution in [1.82, 2.24) is 9.88 Å². The third kappa shape index (κ3) is 3.16. The van der Waals surface area contributed by atoms with Gasteiger partial charge in [-0.2, -0.15) is 0 Å². The largest absolute Gasteiger partial charge is 0.490 e. The van der Waals surface area contributed by atoms with Crippen LogP contribution in [0.15, 0.2) is 35.1 Å². The number of amides is 1. The molecule has 0 radical (unpaired) electrons. The maximum Gasteiger partial charge on any atom is 0.276 e. The molecule has 0 N–H and O–H groups in total. The second-order valence-electron chi connectivity index (χ2n) is 6.76. The van der Waals surface area contributed by atoms with E-state index < -0.39 is 0 Å². The van der Waals surface area contributed by atoms with Crippen LogP contribution in [0, 0.1) is 6.92 Å². The van der Waals surface area contributed by atoms with Crippen molar-refractivity contribution in [3.8, 4) is 5.75 Å². The summed E-state index contributed by atoms with van der Waals surface area (Å²) in [5, 5.41) is 0. The van der Waals surface area contributed by atoms with E-state index in [9.17, 15) is 4.79 Å². The minimum Gasteiger partial charge on any atom is -0.490 e. The monoisotopic (exact) mass is 326 g/mol. The first kappa shape index (κ1) is 15.2. The van der Waals surface area contributed by atoms with Gasteiger partial charge in [-0.1, -0.05) is 17.7 Å². The van der Waals surface area contributed by atoms with E-state index in [1.54, 1.807) is 0 Å². The van der Waals surface area contributed by atoms with E-state index in [0.29, 0.717) is 24.7 Å². The number of hydrogen-bond acceptors (Lipinski definition) is 4. The predicted molar refractivity (Wildman–Crippen MR) is 89.2 cm³/mol. The van der Waals surface area contributed by atoms with Crippen molar-refractivity contribution in [2.45, 2.75) is 44.6 Å². The van der Waals surface area contributed by atoms with E-state index >= 15 is 0 Å². The Hall–Kier alpha value is -2.30. The smallest absolute Gasteiger partial charge is 0.276 e. The van der Waals surface area contributed by atoms with Crippen molar-refractivity contribution in [3.63, 3.8) is 0 Å². The van der Waals surface area contributed by atoms with Crippen molar-refractivity contribution >= 4 is 5.91 Å². The average Bonchev–Trinajstić information content (AvgIpc) is 3.34. The Morgan fingerprint density at radius 1 is 1.17 bits per heavy atom. The molecule has 1 aromatic carbocycles. The van der Waals surface area contributed by atoms with E-state index in [4.69, 9.17) is 9.15 Å². The van der Waals surface area contributed by atoms with E-state index in [1.165, 1.54) is 12.0 Å². The summed E-state index contributed by atoms with van der Waals surface area (Å²) >= 11 is 0. The molecule has 0 bridgehead atoms. The van der Waals surface area contributed by atoms with E-state index in [2.05, 4.69) is 24.0 Å². The Balaban J connectivity index is 1.34. The lowest BCUT2D eigenvalue weighted by Gasteiger charge is -2.32. The van der Waals surface area contributed by atoms with Gasteiger partial charge in [0, 0.05) is 31.8 Å². The number of piperidine rings is 1. The fourth-order valence-electron chi connectivity index (χ4n) is 3.19. The first-order chi connectivity index (χ1) is 11.7. The van der Waals surface area contributed by atoms with Crippen LogP contribution in [0.25, 0.3) is 0 Å². The quantitative estimate of drug-likeness (QED) is 0.862. The lowest BCUT2D eigenvalue weighted by molar-refractivity contribution is 0.0588. The molecule has 5 nitrogen and oxygen atoms in total. The number of nitrogens with zero attached hydrogens (tertiary/aromatic N) is 2. The van der Waals surface area contributed by atoms with Crippen LogP contribution in [-0.4, -0.2) is 35.0 Å². The molecule has 1 amide bonds. The number of likely N-dealkylation sites (tertiary alicyclic amines) is 1. The van der Waals surface area contributed by atoms with Gasteiger partial charge in [-0.25, -0.2) is 4.98 Å². The zero-order chi connectivity index (χ0) is 16.5. The Morgan fingerprint density at radius 3 is 2.54 bits per heavy atom. The van der Waals surface area contributed by atoms with E-state index in [-0.39, 0.29) is 12.0 Å². The summed E-state index contributed by atoms with van der Waals surface area (Å²) in [6, 6.07) is 8.12. The topological polar surface area (TPSA) is 55.6 Å². The van der Waals surface area contributed by atoms with Gasteiger partial charge >= 0.3 is 0 Å². The molecule has 0 unspecified atom stereocenters. The van der Waals surface area contributed by atoms with Crippen LogP contribution in [0.2, 0.25) is 0 Å². The van der Waals surface area contributed by atoms with Crippen molar-refractivity contribution in [3.05, 3.63) is 47.7 Å². The van der Waals surface area contributed by atoms with Crippen LogP contribution in [0.4, 0.5) is 0 Å². The normalized spacial score (nSPS) is 18.6. The second kappa shape index (κ2) is 6.30. The molecule has 4 rings (SSSR count). The molecule has 126 valence electrons. The number of carbonyl (C=O) groups is 1. The molecule has 1 aromatic heterocycles. The maximum atomic E-state index is 12.7. The molecule has 1 aliphatic heterocycles. The molecule has 2 heterocycles. The number of hydrogen-bond donors (Lipinski definition) is 0.